The van der Waals surface area contributed by atoms with Crippen LogP contribution >= 0.6 is 11.6 Å². The zero-order valence-corrected chi connectivity index (χ0v) is 21.4. The molecule has 1 heterocycles. The van der Waals surface area contributed by atoms with Gasteiger partial charge in [-0.15, -0.1) is 0 Å². The third-order valence-electron chi connectivity index (χ3n) is 5.95. The van der Waals surface area contributed by atoms with Gasteiger partial charge in [0.05, 0.1) is 5.69 Å². The average Bonchev–Trinajstić information content (AvgIpc) is 2.95. The van der Waals surface area contributed by atoms with Crippen LogP contribution in [-0.4, -0.2) is 17.8 Å². The average molecular weight is 539 g/mol. The quantitative estimate of drug-likeness (QED) is 0.214. The molecule has 39 heavy (non-hydrogen) atoms. The zero-order valence-electron chi connectivity index (χ0n) is 20.7. The molecular weight excluding hydrogens is 516 g/mol. The first-order valence-corrected chi connectivity index (χ1v) is 12.5. The Labute approximate surface area is 230 Å². The minimum atomic E-state index is -0.814. The number of benzene rings is 4. The Hall–Kier alpha value is -4.88. The van der Waals surface area contributed by atoms with E-state index in [9.17, 15) is 14.4 Å². The smallest absolute Gasteiger partial charge is 0.335 e. The van der Waals surface area contributed by atoms with Crippen LogP contribution in [0.5, 0.6) is 11.5 Å². The maximum Gasteiger partial charge on any atom is 0.335 e. The zero-order chi connectivity index (χ0) is 27.2. The van der Waals surface area contributed by atoms with E-state index < -0.39 is 17.8 Å². The summed E-state index contributed by atoms with van der Waals surface area (Å²) in [6.45, 7) is 0.751. The van der Waals surface area contributed by atoms with Crippen molar-refractivity contribution in [1.82, 2.24) is 5.32 Å². The SMILES string of the molecule is O=C1NC(=O)N(c2ccc(OCc3ccccc3)cc2)C(=O)/C1=C/c1ccc(OCc2ccc(Cl)cc2)cc1. The van der Waals surface area contributed by atoms with Gasteiger partial charge in [-0.2, -0.15) is 0 Å². The van der Waals surface area contributed by atoms with Crippen LogP contribution in [0.15, 0.2) is 109 Å². The molecule has 7 nitrogen and oxygen atoms in total. The lowest BCUT2D eigenvalue weighted by molar-refractivity contribution is -0.122. The molecule has 0 radical (unpaired) electrons. The van der Waals surface area contributed by atoms with Crippen LogP contribution in [0.3, 0.4) is 0 Å². The molecule has 1 aliphatic heterocycles. The Morgan fingerprint density at radius 3 is 1.87 bits per heavy atom. The molecule has 0 aromatic heterocycles. The number of halogens is 1. The van der Waals surface area contributed by atoms with Crippen molar-refractivity contribution in [2.24, 2.45) is 0 Å². The molecule has 4 amide bonds. The van der Waals surface area contributed by atoms with Crippen LogP contribution in [0.2, 0.25) is 5.02 Å². The third kappa shape index (κ3) is 6.34. The number of urea groups is 1. The Balaban J connectivity index is 1.26. The van der Waals surface area contributed by atoms with Gasteiger partial charge in [0.15, 0.2) is 0 Å². The second-order valence-electron chi connectivity index (χ2n) is 8.71. The molecule has 4 aromatic rings. The monoisotopic (exact) mass is 538 g/mol. The van der Waals surface area contributed by atoms with E-state index >= 15 is 0 Å². The first-order chi connectivity index (χ1) is 19.0. The number of amides is 4. The molecule has 0 unspecified atom stereocenters. The summed E-state index contributed by atoms with van der Waals surface area (Å²) >= 11 is 5.91. The summed E-state index contributed by atoms with van der Waals surface area (Å²) in [7, 11) is 0. The van der Waals surface area contributed by atoms with Gasteiger partial charge in [-0.05, 0) is 71.3 Å². The van der Waals surface area contributed by atoms with Gasteiger partial charge in [0.1, 0.15) is 30.3 Å². The molecule has 1 fully saturated rings. The fourth-order valence-corrected chi connectivity index (χ4v) is 4.02. The summed E-state index contributed by atoms with van der Waals surface area (Å²) in [5, 5.41) is 2.89. The largest absolute Gasteiger partial charge is 0.489 e. The van der Waals surface area contributed by atoms with E-state index in [1.165, 1.54) is 6.08 Å². The number of anilines is 1. The van der Waals surface area contributed by atoms with Crippen molar-refractivity contribution in [2.75, 3.05) is 4.90 Å². The Morgan fingerprint density at radius 2 is 1.26 bits per heavy atom. The summed E-state index contributed by atoms with van der Waals surface area (Å²) in [5.41, 5.74) is 2.74. The molecular formula is C31H23ClN2O5. The molecule has 0 saturated carbocycles. The lowest BCUT2D eigenvalue weighted by Gasteiger charge is -2.26. The van der Waals surface area contributed by atoms with Gasteiger partial charge in [-0.3, -0.25) is 14.9 Å². The number of hydrogen-bond donors (Lipinski definition) is 1. The molecule has 0 aliphatic carbocycles. The minimum Gasteiger partial charge on any atom is -0.489 e. The lowest BCUT2D eigenvalue weighted by atomic mass is 10.1. The molecule has 0 bridgehead atoms. The van der Waals surface area contributed by atoms with Gasteiger partial charge in [-0.1, -0.05) is 66.2 Å². The fraction of sp³-hybridized carbons (Fsp3) is 0.0645. The van der Waals surface area contributed by atoms with Gasteiger partial charge in [-0.25, -0.2) is 9.69 Å². The third-order valence-corrected chi connectivity index (χ3v) is 6.21. The molecule has 0 atom stereocenters. The second kappa shape index (κ2) is 11.7. The number of nitrogens with one attached hydrogen (secondary N) is 1. The Morgan fingerprint density at radius 1 is 0.692 bits per heavy atom. The standard InChI is InChI=1S/C31H23ClN2O5/c32-24-10-6-23(7-11-24)20-39-26-14-8-21(9-15-26)18-28-29(35)33-31(37)34(30(28)36)25-12-16-27(17-13-25)38-19-22-4-2-1-3-5-22/h1-18H,19-20H2,(H,33,35,37)/b28-18+. The maximum atomic E-state index is 13.2. The van der Waals surface area contributed by atoms with Crippen molar-refractivity contribution in [1.29, 1.82) is 0 Å². The number of carbonyl (C=O) groups excluding carboxylic acids is 3. The van der Waals surface area contributed by atoms with Crippen LogP contribution in [0.25, 0.3) is 6.08 Å². The van der Waals surface area contributed by atoms with E-state index in [0.717, 1.165) is 16.0 Å². The highest BCUT2D eigenvalue weighted by Gasteiger charge is 2.36. The first kappa shape index (κ1) is 25.8. The van der Waals surface area contributed by atoms with Crippen LogP contribution in [-0.2, 0) is 22.8 Å². The predicted octanol–water partition coefficient (Wildman–Crippen LogP) is 6.16. The van der Waals surface area contributed by atoms with Crippen LogP contribution in [0, 0.1) is 0 Å². The summed E-state index contributed by atoms with van der Waals surface area (Å²) in [6, 6.07) is 29.7. The molecule has 5 rings (SSSR count). The van der Waals surface area contributed by atoms with Crippen molar-refractivity contribution < 1.29 is 23.9 Å². The topological polar surface area (TPSA) is 84.9 Å². The lowest BCUT2D eigenvalue weighted by Crippen LogP contribution is -2.54. The summed E-state index contributed by atoms with van der Waals surface area (Å²) < 4.78 is 11.6. The fourth-order valence-electron chi connectivity index (χ4n) is 3.90. The second-order valence-corrected chi connectivity index (χ2v) is 9.15. The highest BCUT2D eigenvalue weighted by Crippen LogP contribution is 2.25. The number of rotatable bonds is 8. The number of ether oxygens (including phenoxy) is 2. The maximum absolute atomic E-state index is 13.2. The van der Waals surface area contributed by atoms with Crippen molar-refractivity contribution in [3.8, 4) is 11.5 Å². The van der Waals surface area contributed by atoms with Crippen LogP contribution in [0.4, 0.5) is 10.5 Å². The predicted molar refractivity (Wildman–Crippen MR) is 148 cm³/mol. The van der Waals surface area contributed by atoms with Gasteiger partial charge >= 0.3 is 6.03 Å². The molecule has 1 N–H and O–H groups in total. The Bertz CT molecular complexity index is 1520. The van der Waals surface area contributed by atoms with Gasteiger partial charge in [0, 0.05) is 5.02 Å². The normalized spacial score (nSPS) is 14.3. The van der Waals surface area contributed by atoms with Crippen LogP contribution in [0.1, 0.15) is 16.7 Å². The van der Waals surface area contributed by atoms with E-state index in [1.807, 2.05) is 42.5 Å². The number of barbiturate groups is 1. The highest BCUT2D eigenvalue weighted by atomic mass is 35.5. The van der Waals surface area contributed by atoms with Gasteiger partial charge in [0.25, 0.3) is 11.8 Å². The molecule has 194 valence electrons. The number of nitrogens with zero attached hydrogens (tertiary/aromatic N) is 1. The van der Waals surface area contributed by atoms with E-state index in [1.54, 1.807) is 60.7 Å². The minimum absolute atomic E-state index is 0.158. The van der Waals surface area contributed by atoms with E-state index in [4.69, 9.17) is 21.1 Å². The number of imide groups is 2. The van der Waals surface area contributed by atoms with Crippen molar-refractivity contribution in [3.05, 3.63) is 130 Å². The molecule has 1 saturated heterocycles. The van der Waals surface area contributed by atoms with E-state index in [-0.39, 0.29) is 5.57 Å². The van der Waals surface area contributed by atoms with Crippen molar-refractivity contribution >= 4 is 41.2 Å². The first-order valence-electron chi connectivity index (χ1n) is 12.1. The molecule has 0 spiro atoms. The summed E-state index contributed by atoms with van der Waals surface area (Å²) in [5.74, 6) is -0.271. The van der Waals surface area contributed by atoms with Gasteiger partial charge in [0.2, 0.25) is 0 Å². The van der Waals surface area contributed by atoms with Gasteiger partial charge < -0.3 is 9.47 Å². The van der Waals surface area contributed by atoms with Crippen molar-refractivity contribution in [3.63, 3.8) is 0 Å². The van der Waals surface area contributed by atoms with E-state index in [2.05, 4.69) is 5.32 Å². The molecule has 1 aliphatic rings. The summed E-state index contributed by atoms with van der Waals surface area (Å²) in [6.07, 6.45) is 1.44. The van der Waals surface area contributed by atoms with Crippen molar-refractivity contribution in [2.45, 2.75) is 13.2 Å². The summed E-state index contributed by atoms with van der Waals surface area (Å²) in [4.78, 5) is 39.2. The van der Waals surface area contributed by atoms with Crippen LogP contribution < -0.4 is 19.7 Å². The molecule has 8 heteroatoms. The van der Waals surface area contributed by atoms with E-state index in [0.29, 0.717) is 41.0 Å². The number of hydrogen-bond acceptors (Lipinski definition) is 5. The molecule has 4 aromatic carbocycles. The number of carbonyl (C=O) groups is 3. The Kier molecular flexibility index (Phi) is 7.70. The highest BCUT2D eigenvalue weighted by molar-refractivity contribution is 6.39.